The molecule has 0 saturated heterocycles. The molecule has 28 heavy (non-hydrogen) atoms. The number of carbonyl (C=O) groups is 1. The van der Waals surface area contributed by atoms with Crippen LogP contribution in [0.1, 0.15) is 17.5 Å². The summed E-state index contributed by atoms with van der Waals surface area (Å²) in [6.07, 6.45) is 0.477. The van der Waals surface area contributed by atoms with Crippen molar-refractivity contribution < 1.29 is 9.90 Å². The monoisotopic (exact) mass is 389 g/mol. The molecule has 0 fully saturated rings. The van der Waals surface area contributed by atoms with Crippen molar-refractivity contribution in [2.24, 2.45) is 5.73 Å². The van der Waals surface area contributed by atoms with Crippen molar-refractivity contribution in [3.05, 3.63) is 71.8 Å². The number of carboxylic acid groups (broad SMARTS) is 1. The summed E-state index contributed by atoms with van der Waals surface area (Å²) >= 11 is 1.75. The minimum Gasteiger partial charge on any atom is -0.480 e. The number of fused-ring (bicyclic) bond motifs is 4. The van der Waals surface area contributed by atoms with Gasteiger partial charge in [0.2, 0.25) is 0 Å². The first-order valence-corrected chi connectivity index (χ1v) is 10.6. The van der Waals surface area contributed by atoms with Crippen molar-refractivity contribution in [3.8, 4) is 0 Å². The summed E-state index contributed by atoms with van der Waals surface area (Å²) in [5.41, 5.74) is 8.27. The zero-order valence-electron chi connectivity index (χ0n) is 15.8. The molecule has 3 nitrogen and oxygen atoms in total. The van der Waals surface area contributed by atoms with Gasteiger partial charge in [0.25, 0.3) is 0 Å². The number of aliphatic carboxylic acids is 1. The number of nitrogens with two attached hydrogens (primary N) is 1. The summed E-state index contributed by atoms with van der Waals surface area (Å²) in [5.74, 6) is 0.630. The summed E-state index contributed by atoms with van der Waals surface area (Å²) in [7, 11) is 0. The molecule has 4 rings (SSSR count). The summed E-state index contributed by atoms with van der Waals surface area (Å²) in [6, 6.07) is 20.7. The first-order valence-electron chi connectivity index (χ1n) is 9.45. The predicted molar refractivity (Wildman–Crippen MR) is 120 cm³/mol. The van der Waals surface area contributed by atoms with Gasteiger partial charge in [0.1, 0.15) is 6.04 Å². The molecule has 0 heterocycles. The largest absolute Gasteiger partial charge is 0.480 e. The molecule has 0 aliphatic heterocycles. The first-order chi connectivity index (χ1) is 13.6. The third-order valence-corrected chi connectivity index (χ3v) is 6.44. The quantitative estimate of drug-likeness (QED) is 0.260. The Bertz CT molecular complexity index is 1190. The van der Waals surface area contributed by atoms with Crippen LogP contribution in [0, 0.1) is 6.92 Å². The number of aryl methyl sites for hydroxylation is 1. The van der Waals surface area contributed by atoms with E-state index >= 15 is 0 Å². The van der Waals surface area contributed by atoms with Gasteiger partial charge in [-0.15, -0.1) is 0 Å². The highest BCUT2D eigenvalue weighted by Crippen LogP contribution is 2.38. The molecule has 0 aliphatic rings. The highest BCUT2D eigenvalue weighted by Gasteiger charge is 2.15. The van der Waals surface area contributed by atoms with Crippen LogP contribution < -0.4 is 5.73 Å². The van der Waals surface area contributed by atoms with Crippen LogP contribution in [0.15, 0.2) is 60.7 Å². The maximum Gasteiger partial charge on any atom is 0.320 e. The number of carboxylic acids is 1. The Kier molecular flexibility index (Phi) is 5.25. The highest BCUT2D eigenvalue weighted by molar-refractivity contribution is 7.98. The second-order valence-corrected chi connectivity index (χ2v) is 8.25. The summed E-state index contributed by atoms with van der Waals surface area (Å²) in [5, 5.41) is 16.7. The van der Waals surface area contributed by atoms with E-state index in [-0.39, 0.29) is 0 Å². The van der Waals surface area contributed by atoms with Crippen LogP contribution in [-0.2, 0) is 10.5 Å². The van der Waals surface area contributed by atoms with Crippen LogP contribution in [0.4, 0.5) is 0 Å². The fourth-order valence-corrected chi connectivity index (χ4v) is 5.02. The second-order valence-electron chi connectivity index (χ2n) is 7.14. The number of rotatable bonds is 6. The van der Waals surface area contributed by atoms with E-state index in [9.17, 15) is 4.79 Å². The summed E-state index contributed by atoms with van der Waals surface area (Å²) in [4.78, 5) is 10.9. The summed E-state index contributed by atoms with van der Waals surface area (Å²) in [6.45, 7) is 2.21. The molecule has 0 radical (unpaired) electrons. The van der Waals surface area contributed by atoms with Crippen LogP contribution in [0.25, 0.3) is 32.3 Å². The Morgan fingerprint density at radius 1 is 0.964 bits per heavy atom. The normalized spacial score (nSPS) is 12.6. The molecule has 0 saturated carbocycles. The topological polar surface area (TPSA) is 63.3 Å². The Balaban J connectivity index is 1.82. The zero-order chi connectivity index (χ0) is 19.7. The van der Waals surface area contributed by atoms with Gasteiger partial charge in [-0.05, 0) is 62.5 Å². The molecule has 0 amide bonds. The van der Waals surface area contributed by atoms with E-state index in [4.69, 9.17) is 10.8 Å². The molecule has 142 valence electrons. The van der Waals surface area contributed by atoms with Gasteiger partial charge in [0.05, 0.1) is 0 Å². The van der Waals surface area contributed by atoms with E-state index in [0.29, 0.717) is 6.42 Å². The standard InChI is InChI=1S/C24H23NO2S/c1-15-17-7-4-5-9-19(17)21(14-28-13-12-22(25)24(26)27)20-11-10-16-6-2-3-8-18(16)23(15)20/h2-11,22H,12-14,25H2,1H3,(H,26,27). The zero-order valence-corrected chi connectivity index (χ0v) is 16.6. The molecule has 3 N–H and O–H groups in total. The van der Waals surface area contributed by atoms with E-state index in [0.717, 1.165) is 11.5 Å². The lowest BCUT2D eigenvalue weighted by Gasteiger charge is -2.17. The lowest BCUT2D eigenvalue weighted by atomic mass is 9.90. The van der Waals surface area contributed by atoms with Crippen LogP contribution in [0.5, 0.6) is 0 Å². The Morgan fingerprint density at radius 3 is 2.39 bits per heavy atom. The fraction of sp³-hybridized carbons (Fsp3) is 0.208. The molecular formula is C24H23NO2S. The Hall–Kier alpha value is -2.56. The van der Waals surface area contributed by atoms with E-state index in [1.165, 1.54) is 43.4 Å². The van der Waals surface area contributed by atoms with E-state index in [2.05, 4.69) is 67.6 Å². The molecule has 0 aliphatic carbocycles. The predicted octanol–water partition coefficient (Wildman–Crippen LogP) is 5.49. The van der Waals surface area contributed by atoms with Gasteiger partial charge in [-0.2, -0.15) is 11.8 Å². The second kappa shape index (κ2) is 7.82. The lowest BCUT2D eigenvalue weighted by Crippen LogP contribution is -2.30. The maximum atomic E-state index is 10.9. The van der Waals surface area contributed by atoms with Crippen molar-refractivity contribution in [2.75, 3.05) is 5.75 Å². The van der Waals surface area contributed by atoms with E-state index in [1.54, 1.807) is 11.8 Å². The van der Waals surface area contributed by atoms with Gasteiger partial charge in [0, 0.05) is 5.75 Å². The summed E-state index contributed by atoms with van der Waals surface area (Å²) < 4.78 is 0. The Labute approximate surface area is 168 Å². The lowest BCUT2D eigenvalue weighted by molar-refractivity contribution is -0.138. The minimum atomic E-state index is -0.932. The van der Waals surface area contributed by atoms with E-state index in [1.807, 2.05) is 0 Å². The number of hydrogen-bond acceptors (Lipinski definition) is 3. The smallest absolute Gasteiger partial charge is 0.320 e. The average molecular weight is 390 g/mol. The average Bonchev–Trinajstić information content (AvgIpc) is 2.72. The van der Waals surface area contributed by atoms with Crippen molar-refractivity contribution in [2.45, 2.75) is 25.1 Å². The van der Waals surface area contributed by atoms with Gasteiger partial charge < -0.3 is 10.8 Å². The molecule has 0 bridgehead atoms. The van der Waals surface area contributed by atoms with Crippen molar-refractivity contribution in [3.63, 3.8) is 0 Å². The SMILES string of the molecule is Cc1c2ccccc2c(CSCCC(N)C(=O)O)c2ccc3ccccc3c12. The van der Waals surface area contributed by atoms with Crippen molar-refractivity contribution in [1.29, 1.82) is 0 Å². The van der Waals surface area contributed by atoms with Crippen LogP contribution in [0.2, 0.25) is 0 Å². The number of hydrogen-bond donors (Lipinski definition) is 2. The van der Waals surface area contributed by atoms with Crippen LogP contribution >= 0.6 is 11.8 Å². The van der Waals surface area contributed by atoms with Gasteiger partial charge in [0.15, 0.2) is 0 Å². The molecule has 4 aromatic rings. The molecule has 4 heteroatoms. The van der Waals surface area contributed by atoms with Crippen molar-refractivity contribution >= 4 is 50.0 Å². The molecular weight excluding hydrogens is 366 g/mol. The molecule has 1 atom stereocenters. The van der Waals surface area contributed by atoms with E-state index < -0.39 is 12.0 Å². The van der Waals surface area contributed by atoms with Gasteiger partial charge >= 0.3 is 5.97 Å². The number of thioether (sulfide) groups is 1. The van der Waals surface area contributed by atoms with Crippen LogP contribution in [0.3, 0.4) is 0 Å². The number of benzene rings is 4. The minimum absolute atomic E-state index is 0.477. The first kappa shape index (κ1) is 18.8. The van der Waals surface area contributed by atoms with Gasteiger partial charge in [-0.3, -0.25) is 4.79 Å². The van der Waals surface area contributed by atoms with Crippen LogP contribution in [-0.4, -0.2) is 22.9 Å². The highest BCUT2D eigenvalue weighted by atomic mass is 32.2. The maximum absolute atomic E-state index is 10.9. The van der Waals surface area contributed by atoms with Gasteiger partial charge in [-0.1, -0.05) is 60.7 Å². The molecule has 4 aromatic carbocycles. The fourth-order valence-electron chi connectivity index (χ4n) is 3.94. The molecule has 0 aromatic heterocycles. The third-order valence-electron chi connectivity index (χ3n) is 5.42. The van der Waals surface area contributed by atoms with Crippen molar-refractivity contribution in [1.82, 2.24) is 0 Å². The Morgan fingerprint density at radius 2 is 1.64 bits per heavy atom. The van der Waals surface area contributed by atoms with Gasteiger partial charge in [-0.25, -0.2) is 0 Å². The molecule has 0 spiro atoms. The third kappa shape index (κ3) is 3.34. The molecule has 1 unspecified atom stereocenters.